The number of hydrogen-bond donors (Lipinski definition) is 1. The van der Waals surface area contributed by atoms with Gasteiger partial charge in [0.15, 0.2) is 0 Å². The zero-order valence-electron chi connectivity index (χ0n) is 7.44. The quantitative estimate of drug-likeness (QED) is 0.623. The molecule has 0 spiro atoms. The first-order chi connectivity index (χ1) is 5.43. The molecule has 1 aliphatic heterocycles. The van der Waals surface area contributed by atoms with Crippen LogP contribution in [-0.4, -0.2) is 26.3 Å². The van der Waals surface area contributed by atoms with Crippen LogP contribution in [0.3, 0.4) is 0 Å². The van der Waals surface area contributed by atoms with Gasteiger partial charge in [-0.3, -0.25) is 0 Å². The molecule has 0 aliphatic carbocycles. The van der Waals surface area contributed by atoms with E-state index in [1.54, 1.807) is 0 Å². The summed E-state index contributed by atoms with van der Waals surface area (Å²) in [5.74, 6) is 0.871. The van der Waals surface area contributed by atoms with Crippen molar-refractivity contribution in [3.8, 4) is 0 Å². The highest BCUT2D eigenvalue weighted by Crippen LogP contribution is 2.13. The molecule has 0 saturated carbocycles. The maximum atomic E-state index is 5.31. The summed E-state index contributed by atoms with van der Waals surface area (Å²) in [7, 11) is 0. The fraction of sp³-hybridized carbons (Fsp3) is 1.00. The smallest absolute Gasteiger partial charge is 0.0469 e. The predicted molar refractivity (Wildman–Crippen MR) is 46.7 cm³/mol. The summed E-state index contributed by atoms with van der Waals surface area (Å²) in [6, 6.07) is 0. The van der Waals surface area contributed by atoms with Crippen LogP contribution in [0.25, 0.3) is 0 Å². The predicted octanol–water partition coefficient (Wildman–Crippen LogP) is 1.41. The molecule has 1 rings (SSSR count). The highest BCUT2D eigenvalue weighted by molar-refractivity contribution is 4.68. The van der Waals surface area contributed by atoms with Crippen molar-refractivity contribution in [3.05, 3.63) is 0 Å². The van der Waals surface area contributed by atoms with Gasteiger partial charge in [-0.15, -0.1) is 0 Å². The molecule has 66 valence electrons. The average molecular weight is 157 g/mol. The molecule has 0 bridgehead atoms. The monoisotopic (exact) mass is 157 g/mol. The van der Waals surface area contributed by atoms with Crippen LogP contribution < -0.4 is 5.32 Å². The van der Waals surface area contributed by atoms with E-state index in [1.165, 1.54) is 32.4 Å². The standard InChI is InChI=1S/C9H19NO/c1-2-11-7-5-9-4-3-6-10-8-9/h9-10H,2-8H2,1H3/t9-/m0/s1. The van der Waals surface area contributed by atoms with Gasteiger partial charge in [0.1, 0.15) is 0 Å². The molecule has 0 aromatic heterocycles. The molecule has 1 heterocycles. The second kappa shape index (κ2) is 5.56. The number of ether oxygens (including phenoxy) is 1. The molecule has 1 N–H and O–H groups in total. The van der Waals surface area contributed by atoms with E-state index in [0.717, 1.165) is 19.1 Å². The summed E-state index contributed by atoms with van der Waals surface area (Å²) < 4.78 is 5.31. The number of piperidine rings is 1. The Hall–Kier alpha value is -0.0800. The molecule has 1 fully saturated rings. The van der Waals surface area contributed by atoms with Gasteiger partial charge in [0, 0.05) is 13.2 Å². The molecule has 1 atom stereocenters. The lowest BCUT2D eigenvalue weighted by molar-refractivity contribution is 0.127. The van der Waals surface area contributed by atoms with Crippen molar-refractivity contribution in [2.45, 2.75) is 26.2 Å². The minimum atomic E-state index is 0.861. The van der Waals surface area contributed by atoms with Crippen LogP contribution in [0, 0.1) is 5.92 Å². The molecule has 1 saturated heterocycles. The van der Waals surface area contributed by atoms with Crippen LogP contribution in [0.15, 0.2) is 0 Å². The minimum Gasteiger partial charge on any atom is -0.382 e. The van der Waals surface area contributed by atoms with Crippen molar-refractivity contribution >= 4 is 0 Å². The number of hydrogen-bond acceptors (Lipinski definition) is 2. The Morgan fingerprint density at radius 2 is 2.45 bits per heavy atom. The van der Waals surface area contributed by atoms with Crippen LogP contribution in [0.2, 0.25) is 0 Å². The fourth-order valence-electron chi connectivity index (χ4n) is 1.56. The summed E-state index contributed by atoms with van der Waals surface area (Å²) in [6.07, 6.45) is 3.97. The van der Waals surface area contributed by atoms with Crippen molar-refractivity contribution in [1.82, 2.24) is 5.32 Å². The zero-order chi connectivity index (χ0) is 7.94. The number of nitrogens with one attached hydrogen (secondary N) is 1. The lowest BCUT2D eigenvalue weighted by atomic mass is 9.97. The first-order valence-corrected chi connectivity index (χ1v) is 4.72. The molecular formula is C9H19NO. The van der Waals surface area contributed by atoms with Gasteiger partial charge in [-0.25, -0.2) is 0 Å². The van der Waals surface area contributed by atoms with E-state index in [4.69, 9.17) is 4.74 Å². The van der Waals surface area contributed by atoms with Gasteiger partial charge in [0.2, 0.25) is 0 Å². The Balaban J connectivity index is 1.96. The third-order valence-electron chi connectivity index (χ3n) is 2.27. The van der Waals surface area contributed by atoms with E-state index in [0.29, 0.717) is 0 Å². The average Bonchev–Trinajstić information content (AvgIpc) is 2.07. The summed E-state index contributed by atoms with van der Waals surface area (Å²) in [6.45, 7) is 6.28. The third-order valence-corrected chi connectivity index (χ3v) is 2.27. The van der Waals surface area contributed by atoms with E-state index in [9.17, 15) is 0 Å². The molecule has 0 amide bonds. The topological polar surface area (TPSA) is 21.3 Å². The van der Waals surface area contributed by atoms with Crippen molar-refractivity contribution in [3.63, 3.8) is 0 Å². The second-order valence-electron chi connectivity index (χ2n) is 3.20. The fourth-order valence-corrected chi connectivity index (χ4v) is 1.56. The molecule has 0 aromatic carbocycles. The van der Waals surface area contributed by atoms with Crippen molar-refractivity contribution in [1.29, 1.82) is 0 Å². The van der Waals surface area contributed by atoms with Gasteiger partial charge in [-0.05, 0) is 45.2 Å². The van der Waals surface area contributed by atoms with E-state index in [2.05, 4.69) is 12.2 Å². The second-order valence-corrected chi connectivity index (χ2v) is 3.20. The summed E-state index contributed by atoms with van der Waals surface area (Å²) in [5.41, 5.74) is 0. The van der Waals surface area contributed by atoms with Gasteiger partial charge >= 0.3 is 0 Å². The summed E-state index contributed by atoms with van der Waals surface area (Å²) in [4.78, 5) is 0. The molecule has 1 aliphatic rings. The highest BCUT2D eigenvalue weighted by Gasteiger charge is 2.11. The van der Waals surface area contributed by atoms with Gasteiger partial charge in [0.25, 0.3) is 0 Å². The molecule has 2 heteroatoms. The normalized spacial score (nSPS) is 25.4. The first-order valence-electron chi connectivity index (χ1n) is 4.72. The van der Waals surface area contributed by atoms with Crippen LogP contribution in [-0.2, 0) is 4.74 Å². The first kappa shape index (κ1) is 9.01. The van der Waals surface area contributed by atoms with Gasteiger partial charge in [0.05, 0.1) is 0 Å². The molecular weight excluding hydrogens is 138 g/mol. The van der Waals surface area contributed by atoms with E-state index < -0.39 is 0 Å². The van der Waals surface area contributed by atoms with Crippen molar-refractivity contribution in [2.75, 3.05) is 26.3 Å². The van der Waals surface area contributed by atoms with Gasteiger partial charge in [-0.1, -0.05) is 0 Å². The third kappa shape index (κ3) is 3.73. The Labute approximate surface area is 69.3 Å². The van der Waals surface area contributed by atoms with Crippen molar-refractivity contribution < 1.29 is 4.74 Å². The SMILES string of the molecule is CCOCC[C@@H]1CCCNC1. The maximum Gasteiger partial charge on any atom is 0.0469 e. The summed E-state index contributed by atoms with van der Waals surface area (Å²) in [5, 5.41) is 3.41. The largest absolute Gasteiger partial charge is 0.382 e. The molecule has 0 aromatic rings. The lowest BCUT2D eigenvalue weighted by Crippen LogP contribution is -2.30. The van der Waals surface area contributed by atoms with E-state index >= 15 is 0 Å². The Morgan fingerprint density at radius 1 is 1.55 bits per heavy atom. The Morgan fingerprint density at radius 3 is 3.09 bits per heavy atom. The molecule has 2 nitrogen and oxygen atoms in total. The zero-order valence-corrected chi connectivity index (χ0v) is 7.44. The van der Waals surface area contributed by atoms with Crippen LogP contribution in [0.1, 0.15) is 26.2 Å². The Kier molecular flexibility index (Phi) is 4.55. The van der Waals surface area contributed by atoms with Gasteiger partial charge in [-0.2, -0.15) is 0 Å². The van der Waals surface area contributed by atoms with Crippen LogP contribution in [0.5, 0.6) is 0 Å². The van der Waals surface area contributed by atoms with Gasteiger partial charge < -0.3 is 10.1 Å². The van der Waals surface area contributed by atoms with Crippen LogP contribution in [0.4, 0.5) is 0 Å². The number of rotatable bonds is 4. The minimum absolute atomic E-state index is 0.861. The molecule has 0 radical (unpaired) electrons. The van der Waals surface area contributed by atoms with E-state index in [-0.39, 0.29) is 0 Å². The van der Waals surface area contributed by atoms with E-state index in [1.807, 2.05) is 0 Å². The molecule has 0 unspecified atom stereocenters. The maximum absolute atomic E-state index is 5.31. The Bertz CT molecular complexity index is 89.6. The van der Waals surface area contributed by atoms with Crippen LogP contribution >= 0.6 is 0 Å². The summed E-state index contributed by atoms with van der Waals surface area (Å²) >= 11 is 0. The molecule has 11 heavy (non-hydrogen) atoms. The highest BCUT2D eigenvalue weighted by atomic mass is 16.5. The van der Waals surface area contributed by atoms with Crippen molar-refractivity contribution in [2.24, 2.45) is 5.92 Å². The lowest BCUT2D eigenvalue weighted by Gasteiger charge is -2.22.